The molecule has 1 amide bonds. The molecule has 0 unspecified atom stereocenters. The van der Waals surface area contributed by atoms with Crippen LogP contribution in [0.4, 0.5) is 11.4 Å². The average molecular weight is 438 g/mol. The van der Waals surface area contributed by atoms with Crippen LogP contribution in [0.25, 0.3) is 21.9 Å². The predicted octanol–water partition coefficient (Wildman–Crippen LogP) is 5.18. The first kappa shape index (κ1) is 21.0. The molecular formula is C28H27N3O2. The topological polar surface area (TPSA) is 53.6 Å². The van der Waals surface area contributed by atoms with Crippen LogP contribution in [0.5, 0.6) is 5.75 Å². The molecule has 2 N–H and O–H groups in total. The third-order valence-corrected chi connectivity index (χ3v) is 6.14. The number of rotatable bonds is 5. The lowest BCUT2D eigenvalue weighted by molar-refractivity contribution is 0.102. The van der Waals surface area contributed by atoms with Crippen LogP contribution in [0.1, 0.15) is 10.4 Å². The number of carbonyl (C=O) groups excluding carboxylic acids is 1. The minimum Gasteiger partial charge on any atom is -0.497 e. The van der Waals surface area contributed by atoms with Gasteiger partial charge in [0.2, 0.25) is 0 Å². The van der Waals surface area contributed by atoms with E-state index in [1.807, 2.05) is 60.7 Å². The number of carbonyl (C=O) groups is 1. The molecule has 4 aromatic carbocycles. The van der Waals surface area contributed by atoms with Crippen molar-refractivity contribution < 1.29 is 9.53 Å². The fraction of sp³-hybridized carbons (Fsp3) is 0.179. The van der Waals surface area contributed by atoms with Gasteiger partial charge in [0.25, 0.3) is 5.91 Å². The fourth-order valence-electron chi connectivity index (χ4n) is 4.41. The van der Waals surface area contributed by atoms with E-state index in [9.17, 15) is 4.79 Å². The van der Waals surface area contributed by atoms with Crippen LogP contribution in [-0.2, 0) is 0 Å². The average Bonchev–Trinajstić information content (AvgIpc) is 2.89. The van der Waals surface area contributed by atoms with E-state index in [1.54, 1.807) is 7.11 Å². The molecule has 33 heavy (non-hydrogen) atoms. The van der Waals surface area contributed by atoms with Crippen LogP contribution in [0, 0.1) is 0 Å². The number of amides is 1. The van der Waals surface area contributed by atoms with Crippen molar-refractivity contribution in [2.45, 2.75) is 0 Å². The lowest BCUT2D eigenvalue weighted by Gasteiger charge is -2.31. The maximum absolute atomic E-state index is 13.4. The van der Waals surface area contributed by atoms with Gasteiger partial charge in [-0.3, -0.25) is 4.79 Å². The van der Waals surface area contributed by atoms with Gasteiger partial charge in [-0.1, -0.05) is 54.6 Å². The second kappa shape index (κ2) is 9.35. The molecule has 5 heteroatoms. The van der Waals surface area contributed by atoms with Crippen molar-refractivity contribution in [1.82, 2.24) is 5.32 Å². The molecule has 5 rings (SSSR count). The van der Waals surface area contributed by atoms with Crippen molar-refractivity contribution in [2.24, 2.45) is 0 Å². The maximum Gasteiger partial charge on any atom is 0.256 e. The van der Waals surface area contributed by atoms with Crippen molar-refractivity contribution in [3.05, 3.63) is 90.5 Å². The summed E-state index contributed by atoms with van der Waals surface area (Å²) in [6, 6.07) is 28.1. The van der Waals surface area contributed by atoms with Crippen molar-refractivity contribution in [3.63, 3.8) is 0 Å². The Kier molecular flexibility index (Phi) is 5.96. The summed E-state index contributed by atoms with van der Waals surface area (Å²) < 4.78 is 5.40. The minimum atomic E-state index is -0.106. The van der Waals surface area contributed by atoms with Gasteiger partial charge in [-0.15, -0.1) is 0 Å². The van der Waals surface area contributed by atoms with Gasteiger partial charge in [0.1, 0.15) is 5.75 Å². The quantitative estimate of drug-likeness (QED) is 0.452. The molecule has 1 saturated heterocycles. The van der Waals surface area contributed by atoms with Gasteiger partial charge < -0.3 is 20.3 Å². The van der Waals surface area contributed by atoms with E-state index >= 15 is 0 Å². The van der Waals surface area contributed by atoms with E-state index in [-0.39, 0.29) is 5.91 Å². The van der Waals surface area contributed by atoms with Crippen LogP contribution in [-0.4, -0.2) is 39.2 Å². The monoisotopic (exact) mass is 437 g/mol. The molecule has 0 spiro atoms. The number of ether oxygens (including phenoxy) is 1. The van der Waals surface area contributed by atoms with Gasteiger partial charge in [0.15, 0.2) is 0 Å². The summed E-state index contributed by atoms with van der Waals surface area (Å²) in [7, 11) is 1.67. The van der Waals surface area contributed by atoms with Gasteiger partial charge in [-0.2, -0.15) is 0 Å². The van der Waals surface area contributed by atoms with Crippen molar-refractivity contribution >= 4 is 28.1 Å². The third kappa shape index (κ3) is 4.41. The number of methoxy groups -OCH3 is 1. The first-order valence-corrected chi connectivity index (χ1v) is 11.3. The van der Waals surface area contributed by atoms with Crippen LogP contribution in [0.3, 0.4) is 0 Å². The van der Waals surface area contributed by atoms with Crippen molar-refractivity contribution in [3.8, 4) is 16.9 Å². The molecule has 0 atom stereocenters. The maximum atomic E-state index is 13.4. The highest BCUT2D eigenvalue weighted by Gasteiger charge is 2.18. The number of nitrogens with one attached hydrogen (secondary N) is 2. The molecule has 0 saturated carbocycles. The van der Waals surface area contributed by atoms with E-state index in [1.165, 1.54) is 0 Å². The molecule has 1 heterocycles. The standard InChI is InChI=1S/C28H27N3O2/c1-33-23-9-4-8-21(18-23)22-12-13-27(31-16-14-29-15-17-31)26(19-22)30-28(32)25-11-5-7-20-6-2-3-10-24(20)25/h2-13,18-19,29H,14-17H2,1H3,(H,30,32). The zero-order valence-corrected chi connectivity index (χ0v) is 18.7. The van der Waals surface area contributed by atoms with Gasteiger partial charge in [0.05, 0.1) is 18.5 Å². The lowest BCUT2D eigenvalue weighted by atomic mass is 10.0. The largest absolute Gasteiger partial charge is 0.497 e. The van der Waals surface area contributed by atoms with E-state index in [0.717, 1.165) is 65.2 Å². The molecule has 1 aliphatic heterocycles. The number of hydrogen-bond donors (Lipinski definition) is 2. The zero-order valence-electron chi connectivity index (χ0n) is 18.7. The van der Waals surface area contributed by atoms with Gasteiger partial charge in [-0.25, -0.2) is 0 Å². The second-order valence-electron chi connectivity index (χ2n) is 8.18. The summed E-state index contributed by atoms with van der Waals surface area (Å²) in [5.74, 6) is 0.700. The Balaban J connectivity index is 1.54. The molecular weight excluding hydrogens is 410 g/mol. The second-order valence-corrected chi connectivity index (χ2v) is 8.18. The Morgan fingerprint density at radius 1 is 0.879 bits per heavy atom. The molecule has 1 aliphatic rings. The summed E-state index contributed by atoms with van der Waals surface area (Å²) in [5, 5.41) is 8.62. The summed E-state index contributed by atoms with van der Waals surface area (Å²) in [4.78, 5) is 15.8. The molecule has 4 aromatic rings. The highest BCUT2D eigenvalue weighted by atomic mass is 16.5. The van der Waals surface area contributed by atoms with E-state index in [2.05, 4.69) is 39.8 Å². The Morgan fingerprint density at radius 2 is 1.64 bits per heavy atom. The Labute approximate surface area is 194 Å². The first-order valence-electron chi connectivity index (χ1n) is 11.3. The Morgan fingerprint density at radius 3 is 2.48 bits per heavy atom. The van der Waals surface area contributed by atoms with Crippen LogP contribution in [0.15, 0.2) is 84.9 Å². The van der Waals surface area contributed by atoms with Gasteiger partial charge >= 0.3 is 0 Å². The smallest absolute Gasteiger partial charge is 0.256 e. The third-order valence-electron chi connectivity index (χ3n) is 6.14. The number of fused-ring (bicyclic) bond motifs is 1. The van der Waals surface area contributed by atoms with Gasteiger partial charge in [-0.05, 0) is 52.2 Å². The van der Waals surface area contributed by atoms with E-state index in [4.69, 9.17) is 4.74 Å². The van der Waals surface area contributed by atoms with E-state index < -0.39 is 0 Å². The summed E-state index contributed by atoms with van der Waals surface area (Å²) >= 11 is 0. The SMILES string of the molecule is COc1cccc(-c2ccc(N3CCNCC3)c(NC(=O)c3cccc4ccccc34)c2)c1. The number of nitrogens with zero attached hydrogens (tertiary/aromatic N) is 1. The highest BCUT2D eigenvalue weighted by Crippen LogP contribution is 2.34. The summed E-state index contributed by atoms with van der Waals surface area (Å²) in [6.45, 7) is 3.65. The molecule has 0 radical (unpaired) electrons. The predicted molar refractivity (Wildman–Crippen MR) is 135 cm³/mol. The van der Waals surface area contributed by atoms with Crippen molar-refractivity contribution in [2.75, 3.05) is 43.5 Å². The molecule has 0 aliphatic carbocycles. The molecule has 0 bridgehead atoms. The van der Waals surface area contributed by atoms with Crippen molar-refractivity contribution in [1.29, 1.82) is 0 Å². The van der Waals surface area contributed by atoms with Crippen LogP contribution >= 0.6 is 0 Å². The minimum absolute atomic E-state index is 0.106. The molecule has 166 valence electrons. The number of piperazine rings is 1. The fourth-order valence-corrected chi connectivity index (χ4v) is 4.41. The Bertz CT molecular complexity index is 1290. The zero-order chi connectivity index (χ0) is 22.6. The van der Waals surface area contributed by atoms with Gasteiger partial charge in [0, 0.05) is 31.7 Å². The Hall–Kier alpha value is -3.83. The molecule has 0 aromatic heterocycles. The normalized spacial score (nSPS) is 13.7. The summed E-state index contributed by atoms with van der Waals surface area (Å²) in [5.41, 5.74) is 4.60. The van der Waals surface area contributed by atoms with E-state index in [0.29, 0.717) is 5.56 Å². The first-order chi connectivity index (χ1) is 16.2. The summed E-state index contributed by atoms with van der Waals surface area (Å²) in [6.07, 6.45) is 0. The molecule has 1 fully saturated rings. The number of hydrogen-bond acceptors (Lipinski definition) is 4. The number of anilines is 2. The lowest BCUT2D eigenvalue weighted by Crippen LogP contribution is -2.43. The van der Waals surface area contributed by atoms with Crippen LogP contribution in [0.2, 0.25) is 0 Å². The highest BCUT2D eigenvalue weighted by molar-refractivity contribution is 6.14. The number of benzene rings is 4. The van der Waals surface area contributed by atoms with Crippen LogP contribution < -0.4 is 20.3 Å². The molecule has 5 nitrogen and oxygen atoms in total.